The van der Waals surface area contributed by atoms with Crippen molar-refractivity contribution in [2.75, 3.05) is 6.54 Å². The number of rotatable bonds is 3. The Kier molecular flexibility index (Phi) is 3.15. The van der Waals surface area contributed by atoms with E-state index in [0.717, 1.165) is 18.4 Å². The first-order chi connectivity index (χ1) is 9.40. The molecule has 94 valence electrons. The topological polar surface area (TPSA) is 29.1 Å². The number of nitrogens with one attached hydrogen (secondary N) is 1. The average Bonchev–Trinajstić information content (AvgIpc) is 2.63. The molecule has 0 unspecified atom stereocenters. The third kappa shape index (κ3) is 2.17. The first kappa shape index (κ1) is 11.7. The number of amides is 1. The van der Waals surface area contributed by atoms with Crippen molar-refractivity contribution in [3.63, 3.8) is 0 Å². The van der Waals surface area contributed by atoms with Gasteiger partial charge in [0.25, 0.3) is 0 Å². The van der Waals surface area contributed by atoms with Crippen LogP contribution in [0.15, 0.2) is 59.7 Å². The molecule has 19 heavy (non-hydrogen) atoms. The maximum absolute atomic E-state index is 10.5. The largest absolute Gasteiger partial charge is 0.355 e. The Hall–Kier alpha value is -2.35. The summed E-state index contributed by atoms with van der Waals surface area (Å²) in [6.45, 7) is 0.567. The Morgan fingerprint density at radius 1 is 1.16 bits per heavy atom. The molecule has 3 rings (SSSR count). The van der Waals surface area contributed by atoms with E-state index in [4.69, 9.17) is 0 Å². The molecule has 0 aromatic heterocycles. The van der Waals surface area contributed by atoms with E-state index < -0.39 is 0 Å². The fraction of sp³-hybridized carbons (Fsp3) is 0.118. The summed E-state index contributed by atoms with van der Waals surface area (Å²) in [4.78, 5) is 10.5. The number of carbonyl (C=O) groups excluding carboxylic acids is 1. The van der Waals surface area contributed by atoms with Crippen molar-refractivity contribution in [1.82, 2.24) is 5.32 Å². The zero-order valence-electron chi connectivity index (χ0n) is 10.6. The number of hydrogen-bond acceptors (Lipinski definition) is 1. The van der Waals surface area contributed by atoms with E-state index in [0.29, 0.717) is 6.54 Å². The molecule has 0 aliphatic heterocycles. The lowest BCUT2D eigenvalue weighted by Gasteiger charge is -2.16. The minimum absolute atomic E-state index is 0.567. The van der Waals surface area contributed by atoms with Gasteiger partial charge in [0.1, 0.15) is 0 Å². The molecule has 1 aromatic carbocycles. The summed E-state index contributed by atoms with van der Waals surface area (Å²) in [5, 5.41) is 5.28. The van der Waals surface area contributed by atoms with Gasteiger partial charge in [0.05, 0.1) is 0 Å². The highest BCUT2D eigenvalue weighted by atomic mass is 16.1. The zero-order valence-corrected chi connectivity index (χ0v) is 10.6. The van der Waals surface area contributed by atoms with E-state index in [2.05, 4.69) is 60.0 Å². The lowest BCUT2D eigenvalue weighted by molar-refractivity contribution is -0.109. The Labute approximate surface area is 112 Å². The van der Waals surface area contributed by atoms with Crippen molar-refractivity contribution in [2.24, 2.45) is 0 Å². The van der Waals surface area contributed by atoms with Crippen molar-refractivity contribution in [1.29, 1.82) is 0 Å². The van der Waals surface area contributed by atoms with Crippen LogP contribution in [-0.2, 0) is 4.79 Å². The van der Waals surface area contributed by atoms with Gasteiger partial charge in [-0.2, -0.15) is 0 Å². The van der Waals surface area contributed by atoms with Gasteiger partial charge in [-0.3, -0.25) is 4.79 Å². The van der Waals surface area contributed by atoms with Crippen LogP contribution < -0.4 is 15.8 Å². The maximum atomic E-state index is 10.5. The lowest BCUT2D eigenvalue weighted by Crippen LogP contribution is -2.26. The van der Waals surface area contributed by atoms with Crippen LogP contribution in [0.25, 0.3) is 11.6 Å². The summed E-state index contributed by atoms with van der Waals surface area (Å²) in [5.41, 5.74) is 3.73. The maximum Gasteiger partial charge on any atom is 0.207 e. The number of carbonyl (C=O) groups is 1. The quantitative estimate of drug-likeness (QED) is 0.801. The van der Waals surface area contributed by atoms with Crippen LogP contribution >= 0.6 is 0 Å². The van der Waals surface area contributed by atoms with Gasteiger partial charge >= 0.3 is 0 Å². The number of allylic oxidation sites excluding steroid dienone is 4. The normalized spacial score (nSPS) is 16.3. The van der Waals surface area contributed by atoms with Gasteiger partial charge < -0.3 is 5.32 Å². The summed E-state index contributed by atoms with van der Waals surface area (Å²) in [7, 11) is 0. The fourth-order valence-electron chi connectivity index (χ4n) is 2.62. The Morgan fingerprint density at radius 3 is 2.95 bits per heavy atom. The summed E-state index contributed by atoms with van der Waals surface area (Å²) in [5.74, 6) is 0. The van der Waals surface area contributed by atoms with E-state index in [1.54, 1.807) is 0 Å². The van der Waals surface area contributed by atoms with E-state index >= 15 is 0 Å². The van der Waals surface area contributed by atoms with E-state index in [9.17, 15) is 4.79 Å². The van der Waals surface area contributed by atoms with Crippen LogP contribution in [0.2, 0.25) is 0 Å². The molecule has 0 atom stereocenters. The Morgan fingerprint density at radius 2 is 2.05 bits per heavy atom. The molecule has 0 fully saturated rings. The average molecular weight is 249 g/mol. The second kappa shape index (κ2) is 5.11. The molecule has 0 spiro atoms. The van der Waals surface area contributed by atoms with Gasteiger partial charge in [-0.05, 0) is 33.6 Å². The van der Waals surface area contributed by atoms with Crippen LogP contribution in [0.1, 0.15) is 6.42 Å². The van der Waals surface area contributed by atoms with Crippen LogP contribution in [0.4, 0.5) is 0 Å². The van der Waals surface area contributed by atoms with Crippen molar-refractivity contribution in [2.45, 2.75) is 6.42 Å². The van der Waals surface area contributed by atoms with Crippen molar-refractivity contribution >= 4 is 18.1 Å². The molecule has 2 aliphatic carbocycles. The molecular formula is C17H15NO. The number of hydrogen-bond donors (Lipinski definition) is 1. The van der Waals surface area contributed by atoms with Gasteiger partial charge in [0.2, 0.25) is 6.41 Å². The third-order valence-electron chi connectivity index (χ3n) is 3.52. The molecule has 2 aliphatic rings. The fourth-order valence-corrected chi connectivity index (χ4v) is 2.62. The Bertz CT molecular complexity index is 720. The highest BCUT2D eigenvalue weighted by Crippen LogP contribution is 2.26. The summed E-state index contributed by atoms with van der Waals surface area (Å²) in [6.07, 6.45) is 12.3. The highest BCUT2D eigenvalue weighted by Gasteiger charge is 2.14. The molecule has 0 saturated heterocycles. The minimum atomic E-state index is 0.567. The van der Waals surface area contributed by atoms with Gasteiger partial charge in [-0.1, -0.05) is 54.6 Å². The Balaban J connectivity index is 2.22. The summed E-state index contributed by atoms with van der Waals surface area (Å²) < 4.78 is 0. The molecule has 0 heterocycles. The third-order valence-corrected chi connectivity index (χ3v) is 3.52. The molecule has 0 radical (unpaired) electrons. The van der Waals surface area contributed by atoms with Crippen LogP contribution in [0, 0.1) is 0 Å². The zero-order chi connectivity index (χ0) is 13.1. The minimum Gasteiger partial charge on any atom is -0.355 e. The van der Waals surface area contributed by atoms with Crippen LogP contribution in [0.3, 0.4) is 0 Å². The van der Waals surface area contributed by atoms with E-state index in [-0.39, 0.29) is 0 Å². The molecule has 1 N–H and O–H groups in total. The second-order valence-corrected chi connectivity index (χ2v) is 4.64. The van der Waals surface area contributed by atoms with Gasteiger partial charge in [0, 0.05) is 6.54 Å². The molecule has 0 saturated carbocycles. The van der Waals surface area contributed by atoms with Crippen molar-refractivity contribution < 1.29 is 4.79 Å². The van der Waals surface area contributed by atoms with Crippen LogP contribution in [0.5, 0.6) is 0 Å². The van der Waals surface area contributed by atoms with Crippen LogP contribution in [-0.4, -0.2) is 13.0 Å². The molecule has 0 bridgehead atoms. The molecule has 1 amide bonds. The predicted molar refractivity (Wildman–Crippen MR) is 77.6 cm³/mol. The second-order valence-electron chi connectivity index (χ2n) is 4.64. The summed E-state index contributed by atoms with van der Waals surface area (Å²) in [6, 6.07) is 8.42. The van der Waals surface area contributed by atoms with E-state index in [1.165, 1.54) is 21.6 Å². The standard InChI is InChI=1S/C17H15NO/c19-12-18-11-14-10-9-13-5-1-2-6-15(13)17-8-4-3-7-16(14)17/h1-7,9-10,12H,8,11H2,(H,18,19). The summed E-state index contributed by atoms with van der Waals surface area (Å²) >= 11 is 0. The predicted octanol–water partition coefficient (Wildman–Crippen LogP) is 1.19. The first-order valence-corrected chi connectivity index (χ1v) is 6.44. The molecule has 2 nitrogen and oxygen atoms in total. The first-order valence-electron chi connectivity index (χ1n) is 6.44. The molecular weight excluding hydrogens is 234 g/mol. The smallest absolute Gasteiger partial charge is 0.207 e. The van der Waals surface area contributed by atoms with Gasteiger partial charge in [0.15, 0.2) is 0 Å². The van der Waals surface area contributed by atoms with Gasteiger partial charge in [-0.15, -0.1) is 0 Å². The number of benzene rings is 1. The van der Waals surface area contributed by atoms with Crippen molar-refractivity contribution in [3.8, 4) is 0 Å². The van der Waals surface area contributed by atoms with Gasteiger partial charge in [-0.25, -0.2) is 0 Å². The lowest BCUT2D eigenvalue weighted by atomic mass is 9.90. The highest BCUT2D eigenvalue weighted by molar-refractivity contribution is 5.77. The number of fused-ring (bicyclic) bond motifs is 2. The monoisotopic (exact) mass is 249 g/mol. The van der Waals surface area contributed by atoms with E-state index in [1.807, 2.05) is 0 Å². The van der Waals surface area contributed by atoms with Crippen molar-refractivity contribution in [3.05, 3.63) is 70.2 Å². The molecule has 2 heteroatoms. The SMILES string of the molecule is O=CNCC1=CC=c2ccccc2=C2CC=CC=C12. The molecule has 1 aromatic rings.